The van der Waals surface area contributed by atoms with E-state index in [1.54, 1.807) is 0 Å². The highest BCUT2D eigenvalue weighted by Gasteiger charge is 2.51. The number of benzene rings is 4. The predicted molar refractivity (Wildman–Crippen MR) is 140 cm³/mol. The van der Waals surface area contributed by atoms with Crippen molar-refractivity contribution in [1.82, 2.24) is 0 Å². The third kappa shape index (κ3) is 2.70. The van der Waals surface area contributed by atoms with Gasteiger partial charge in [-0.3, -0.25) is 0 Å². The smallest absolute Gasteiger partial charge is 0.456 e. The largest absolute Gasteiger partial charge is 0.494 e. The van der Waals surface area contributed by atoms with Gasteiger partial charge >= 0.3 is 7.12 Å². The van der Waals surface area contributed by atoms with E-state index in [1.165, 1.54) is 36.3 Å². The average molecular weight is 450 g/mol. The lowest BCUT2D eigenvalue weighted by Crippen LogP contribution is -2.41. The molecule has 1 aliphatic heterocycles. The fraction of sp³-hybridized carbons (Fsp3) is 0.214. The second-order valence-electron chi connectivity index (χ2n) is 10.1. The summed E-state index contributed by atoms with van der Waals surface area (Å²) in [6, 6.07) is 23.8. The Kier molecular flexibility index (Phi) is 3.79. The Labute approximate surface area is 196 Å². The fourth-order valence-electron chi connectivity index (χ4n) is 4.96. The van der Waals surface area contributed by atoms with Crippen LogP contribution >= 0.6 is 11.3 Å². The minimum atomic E-state index is -0.402. The Morgan fingerprint density at radius 3 is 2.15 bits per heavy atom. The van der Waals surface area contributed by atoms with Crippen LogP contribution in [0, 0.1) is 0 Å². The van der Waals surface area contributed by atoms with Crippen molar-refractivity contribution in [1.29, 1.82) is 0 Å². The fourth-order valence-corrected chi connectivity index (χ4v) is 6.11. The standard InChI is InChI=1S/C28H23BO3S/c1-27(2)28(3,4)32-29(31-27)18-9-10-19-22(15-18)30-21-11-12-23-26(25(19)21)20-13-16-7-5-6-8-17(16)14-24(20)33-23/h5-15H,1-4H3. The average Bonchev–Trinajstić information content (AvgIpc) is 3.39. The van der Waals surface area contributed by atoms with Crippen molar-refractivity contribution >= 4 is 76.8 Å². The molecule has 3 heterocycles. The molecule has 0 N–H and O–H groups in total. The first-order valence-electron chi connectivity index (χ1n) is 11.4. The van der Waals surface area contributed by atoms with Gasteiger partial charge in [-0.2, -0.15) is 0 Å². The number of hydrogen-bond donors (Lipinski definition) is 0. The van der Waals surface area contributed by atoms with E-state index in [2.05, 4.69) is 94.4 Å². The molecule has 3 nitrogen and oxygen atoms in total. The molecular formula is C28H23BO3S. The molecule has 5 heteroatoms. The van der Waals surface area contributed by atoms with Gasteiger partial charge in [0.2, 0.25) is 0 Å². The zero-order valence-electron chi connectivity index (χ0n) is 19.1. The molecule has 0 spiro atoms. The molecule has 162 valence electrons. The second kappa shape index (κ2) is 6.38. The molecule has 2 aromatic heterocycles. The first kappa shape index (κ1) is 19.6. The molecule has 1 saturated heterocycles. The van der Waals surface area contributed by atoms with Gasteiger partial charge in [-0.25, -0.2) is 0 Å². The molecule has 7 rings (SSSR count). The Hall–Kier alpha value is -2.86. The van der Waals surface area contributed by atoms with E-state index >= 15 is 0 Å². The van der Waals surface area contributed by atoms with Crippen LogP contribution in [0.4, 0.5) is 0 Å². The number of fused-ring (bicyclic) bond motifs is 8. The summed E-state index contributed by atoms with van der Waals surface area (Å²) < 4.78 is 21.5. The summed E-state index contributed by atoms with van der Waals surface area (Å²) in [5.41, 5.74) is 2.02. The van der Waals surface area contributed by atoms with Crippen molar-refractivity contribution < 1.29 is 13.7 Å². The van der Waals surface area contributed by atoms with E-state index in [1.807, 2.05) is 11.3 Å². The Morgan fingerprint density at radius 1 is 0.667 bits per heavy atom. The monoisotopic (exact) mass is 450 g/mol. The maximum absolute atomic E-state index is 6.36. The van der Waals surface area contributed by atoms with Gasteiger partial charge in [-0.1, -0.05) is 36.4 Å². The Morgan fingerprint density at radius 2 is 1.39 bits per heavy atom. The molecule has 0 bridgehead atoms. The highest BCUT2D eigenvalue weighted by Crippen LogP contribution is 2.43. The molecule has 1 fully saturated rings. The first-order valence-corrected chi connectivity index (χ1v) is 12.2. The van der Waals surface area contributed by atoms with E-state index in [-0.39, 0.29) is 11.2 Å². The van der Waals surface area contributed by atoms with Gasteiger partial charge in [0.1, 0.15) is 11.2 Å². The van der Waals surface area contributed by atoms with E-state index in [9.17, 15) is 0 Å². The lowest BCUT2D eigenvalue weighted by atomic mass is 9.79. The van der Waals surface area contributed by atoms with Gasteiger partial charge < -0.3 is 13.7 Å². The maximum atomic E-state index is 6.36. The van der Waals surface area contributed by atoms with Crippen LogP contribution < -0.4 is 5.46 Å². The van der Waals surface area contributed by atoms with Gasteiger partial charge in [-0.15, -0.1) is 11.3 Å². The van der Waals surface area contributed by atoms with E-state index in [0.29, 0.717) is 0 Å². The molecule has 0 saturated carbocycles. The summed E-state index contributed by atoms with van der Waals surface area (Å²) in [5, 5.41) is 7.42. The molecule has 0 radical (unpaired) electrons. The summed E-state index contributed by atoms with van der Waals surface area (Å²) in [7, 11) is -0.402. The topological polar surface area (TPSA) is 31.6 Å². The summed E-state index contributed by atoms with van der Waals surface area (Å²) in [6.07, 6.45) is 0. The van der Waals surface area contributed by atoms with Crippen molar-refractivity contribution in [3.05, 3.63) is 66.7 Å². The van der Waals surface area contributed by atoms with E-state index < -0.39 is 7.12 Å². The van der Waals surface area contributed by atoms with Crippen molar-refractivity contribution in [2.24, 2.45) is 0 Å². The van der Waals surface area contributed by atoms with Crippen LogP contribution in [0.1, 0.15) is 27.7 Å². The Balaban J connectivity index is 1.47. The van der Waals surface area contributed by atoms with Gasteiger partial charge in [-0.05, 0) is 74.3 Å². The summed E-state index contributed by atoms with van der Waals surface area (Å²) in [5.74, 6) is 0. The zero-order chi connectivity index (χ0) is 22.5. The van der Waals surface area contributed by atoms with Crippen LogP contribution in [-0.4, -0.2) is 18.3 Å². The molecule has 0 amide bonds. The van der Waals surface area contributed by atoms with Gasteiger partial charge in [0.05, 0.1) is 11.2 Å². The van der Waals surface area contributed by atoms with Crippen LogP contribution in [0.5, 0.6) is 0 Å². The van der Waals surface area contributed by atoms with Crippen LogP contribution in [0.15, 0.2) is 71.1 Å². The van der Waals surface area contributed by atoms with Crippen LogP contribution in [0.25, 0.3) is 52.9 Å². The maximum Gasteiger partial charge on any atom is 0.494 e. The molecular weight excluding hydrogens is 427 g/mol. The molecule has 33 heavy (non-hydrogen) atoms. The predicted octanol–water partition coefficient (Wildman–Crippen LogP) is 7.41. The van der Waals surface area contributed by atoms with Crippen molar-refractivity contribution in [2.75, 3.05) is 0 Å². The molecule has 0 atom stereocenters. The highest BCUT2D eigenvalue weighted by molar-refractivity contribution is 7.26. The van der Waals surface area contributed by atoms with Gasteiger partial charge in [0.25, 0.3) is 0 Å². The van der Waals surface area contributed by atoms with E-state index in [4.69, 9.17) is 13.7 Å². The van der Waals surface area contributed by atoms with Crippen LogP contribution in [0.3, 0.4) is 0 Å². The second-order valence-corrected chi connectivity index (χ2v) is 11.1. The normalized spacial score (nSPS) is 17.9. The van der Waals surface area contributed by atoms with Crippen molar-refractivity contribution in [3.63, 3.8) is 0 Å². The van der Waals surface area contributed by atoms with E-state index in [0.717, 1.165) is 22.0 Å². The molecule has 6 aromatic rings. The molecule has 0 aliphatic carbocycles. The summed E-state index contributed by atoms with van der Waals surface area (Å²) in [4.78, 5) is 0. The van der Waals surface area contributed by atoms with Gasteiger partial charge in [0.15, 0.2) is 0 Å². The molecule has 4 aromatic carbocycles. The lowest BCUT2D eigenvalue weighted by Gasteiger charge is -2.32. The summed E-state index contributed by atoms with van der Waals surface area (Å²) >= 11 is 1.84. The Bertz CT molecular complexity index is 1720. The molecule has 0 unspecified atom stereocenters. The quantitative estimate of drug-likeness (QED) is 0.245. The minimum absolute atomic E-state index is 0.370. The first-order chi connectivity index (χ1) is 15.8. The third-order valence-corrected chi connectivity index (χ3v) is 8.60. The van der Waals surface area contributed by atoms with Gasteiger partial charge in [0, 0.05) is 30.9 Å². The molecule has 1 aliphatic rings. The number of furan rings is 1. The minimum Gasteiger partial charge on any atom is -0.456 e. The highest BCUT2D eigenvalue weighted by atomic mass is 32.1. The van der Waals surface area contributed by atoms with Crippen molar-refractivity contribution in [3.8, 4) is 0 Å². The summed E-state index contributed by atoms with van der Waals surface area (Å²) in [6.45, 7) is 8.31. The SMILES string of the molecule is CC1(C)OB(c2ccc3c(c2)oc2ccc4sc5cc6ccccc6cc5c4c23)OC1(C)C. The third-order valence-electron chi connectivity index (χ3n) is 7.49. The van der Waals surface area contributed by atoms with Crippen LogP contribution in [0.2, 0.25) is 0 Å². The number of thiophene rings is 1. The number of hydrogen-bond acceptors (Lipinski definition) is 4. The van der Waals surface area contributed by atoms with Crippen LogP contribution in [-0.2, 0) is 9.31 Å². The lowest BCUT2D eigenvalue weighted by molar-refractivity contribution is 0.00578. The number of rotatable bonds is 1. The van der Waals surface area contributed by atoms with Crippen molar-refractivity contribution in [2.45, 2.75) is 38.9 Å². The zero-order valence-corrected chi connectivity index (χ0v) is 19.9.